The SMILES string of the molecule is Cc1occc1SCC(/C(N)=N/O)c1ccccc1. The van der Waals surface area contributed by atoms with E-state index in [0.29, 0.717) is 5.75 Å². The Hall–Kier alpha value is -1.88. The van der Waals surface area contributed by atoms with Crippen molar-refractivity contribution in [3.8, 4) is 0 Å². The van der Waals surface area contributed by atoms with E-state index in [-0.39, 0.29) is 11.8 Å². The Morgan fingerprint density at radius 2 is 2.11 bits per heavy atom. The van der Waals surface area contributed by atoms with Crippen molar-refractivity contribution in [1.82, 2.24) is 0 Å². The summed E-state index contributed by atoms with van der Waals surface area (Å²) in [5.74, 6) is 1.68. The van der Waals surface area contributed by atoms with E-state index in [0.717, 1.165) is 16.2 Å². The van der Waals surface area contributed by atoms with Crippen LogP contribution in [0.5, 0.6) is 0 Å². The van der Waals surface area contributed by atoms with E-state index in [9.17, 15) is 0 Å². The number of nitrogens with two attached hydrogens (primary N) is 1. The molecule has 0 radical (unpaired) electrons. The maximum Gasteiger partial charge on any atom is 0.147 e. The van der Waals surface area contributed by atoms with E-state index in [2.05, 4.69) is 5.16 Å². The van der Waals surface area contributed by atoms with Gasteiger partial charge in [0.25, 0.3) is 0 Å². The second-order valence-corrected chi connectivity index (χ2v) is 5.20. The van der Waals surface area contributed by atoms with Gasteiger partial charge in [-0.2, -0.15) is 0 Å². The van der Waals surface area contributed by atoms with E-state index in [1.807, 2.05) is 43.3 Å². The van der Waals surface area contributed by atoms with Gasteiger partial charge in [0.15, 0.2) is 0 Å². The highest BCUT2D eigenvalue weighted by Gasteiger charge is 2.17. The molecule has 100 valence electrons. The Balaban J connectivity index is 2.14. The molecule has 0 aliphatic rings. The van der Waals surface area contributed by atoms with Crippen LogP contribution in [-0.4, -0.2) is 16.8 Å². The van der Waals surface area contributed by atoms with Gasteiger partial charge >= 0.3 is 0 Å². The smallest absolute Gasteiger partial charge is 0.147 e. The van der Waals surface area contributed by atoms with Gasteiger partial charge in [0.2, 0.25) is 0 Å². The van der Waals surface area contributed by atoms with Crippen molar-refractivity contribution in [1.29, 1.82) is 0 Å². The fourth-order valence-electron chi connectivity index (χ4n) is 1.80. The molecule has 5 heteroatoms. The Kier molecular flexibility index (Phi) is 4.52. The van der Waals surface area contributed by atoms with Gasteiger partial charge in [0.1, 0.15) is 11.6 Å². The third-order valence-electron chi connectivity index (χ3n) is 2.89. The molecule has 0 spiro atoms. The minimum atomic E-state index is -0.120. The van der Waals surface area contributed by atoms with Crippen LogP contribution in [0.25, 0.3) is 0 Å². The van der Waals surface area contributed by atoms with Crippen LogP contribution >= 0.6 is 11.8 Å². The quantitative estimate of drug-likeness (QED) is 0.289. The highest BCUT2D eigenvalue weighted by atomic mass is 32.2. The van der Waals surface area contributed by atoms with Crippen molar-refractivity contribution < 1.29 is 9.62 Å². The number of rotatable bonds is 5. The summed E-state index contributed by atoms with van der Waals surface area (Å²) in [4.78, 5) is 1.08. The number of hydrogen-bond acceptors (Lipinski definition) is 4. The number of thioether (sulfide) groups is 1. The molecule has 0 saturated heterocycles. The summed E-state index contributed by atoms with van der Waals surface area (Å²) in [5, 5.41) is 12.1. The lowest BCUT2D eigenvalue weighted by atomic mass is 10.0. The van der Waals surface area contributed by atoms with E-state index in [1.54, 1.807) is 18.0 Å². The predicted molar refractivity (Wildman–Crippen MR) is 76.8 cm³/mol. The molecule has 0 fully saturated rings. The Morgan fingerprint density at radius 1 is 1.37 bits per heavy atom. The maximum atomic E-state index is 8.91. The minimum Gasteiger partial charge on any atom is -0.468 e. The van der Waals surface area contributed by atoms with Gasteiger partial charge in [-0.3, -0.25) is 0 Å². The number of furan rings is 1. The maximum absolute atomic E-state index is 8.91. The number of hydrogen-bond donors (Lipinski definition) is 2. The van der Waals surface area contributed by atoms with Crippen LogP contribution < -0.4 is 5.73 Å². The summed E-state index contributed by atoms with van der Waals surface area (Å²) < 4.78 is 5.26. The van der Waals surface area contributed by atoms with Gasteiger partial charge in [-0.05, 0) is 18.6 Å². The summed E-state index contributed by atoms with van der Waals surface area (Å²) >= 11 is 1.63. The number of aryl methyl sites for hydroxylation is 1. The van der Waals surface area contributed by atoms with Gasteiger partial charge in [-0.1, -0.05) is 35.5 Å². The van der Waals surface area contributed by atoms with Crippen LogP contribution in [-0.2, 0) is 0 Å². The summed E-state index contributed by atoms with van der Waals surface area (Å²) in [6.07, 6.45) is 1.67. The molecule has 2 rings (SSSR count). The molecule has 3 N–H and O–H groups in total. The number of amidine groups is 1. The van der Waals surface area contributed by atoms with Gasteiger partial charge in [-0.25, -0.2) is 0 Å². The predicted octanol–water partition coefficient (Wildman–Crippen LogP) is 3.21. The third kappa shape index (κ3) is 3.32. The van der Waals surface area contributed by atoms with Crippen LogP contribution in [0.1, 0.15) is 17.2 Å². The van der Waals surface area contributed by atoms with Crippen LogP contribution in [0.2, 0.25) is 0 Å². The molecule has 19 heavy (non-hydrogen) atoms. The standard InChI is InChI=1S/C14H16N2O2S/c1-10-13(7-8-18-10)19-9-12(14(15)16-17)11-5-3-2-4-6-11/h2-8,12,17H,9H2,1H3,(H2,15,16). The van der Waals surface area contributed by atoms with Crippen LogP contribution in [0.4, 0.5) is 0 Å². The highest BCUT2D eigenvalue weighted by Crippen LogP contribution is 2.29. The second kappa shape index (κ2) is 6.33. The fraction of sp³-hybridized carbons (Fsp3) is 0.214. The van der Waals surface area contributed by atoms with Gasteiger partial charge < -0.3 is 15.4 Å². The van der Waals surface area contributed by atoms with E-state index in [4.69, 9.17) is 15.4 Å². The average Bonchev–Trinajstić information content (AvgIpc) is 2.85. The normalized spacial score (nSPS) is 13.4. The first-order chi connectivity index (χ1) is 9.22. The molecule has 1 unspecified atom stereocenters. The number of benzene rings is 1. The largest absolute Gasteiger partial charge is 0.468 e. The van der Waals surface area contributed by atoms with Gasteiger partial charge in [0, 0.05) is 10.6 Å². The van der Waals surface area contributed by atoms with Crippen molar-refractivity contribution >= 4 is 17.6 Å². The second-order valence-electron chi connectivity index (χ2n) is 4.14. The fourth-order valence-corrected chi connectivity index (χ4v) is 2.92. The molecule has 4 nitrogen and oxygen atoms in total. The summed E-state index contributed by atoms with van der Waals surface area (Å²) in [6, 6.07) is 11.7. The molecule has 0 bridgehead atoms. The van der Waals surface area contributed by atoms with E-state index >= 15 is 0 Å². The van der Waals surface area contributed by atoms with E-state index in [1.165, 1.54) is 0 Å². The summed E-state index contributed by atoms with van der Waals surface area (Å²) in [6.45, 7) is 1.92. The minimum absolute atomic E-state index is 0.120. The lowest BCUT2D eigenvalue weighted by Gasteiger charge is -2.15. The lowest BCUT2D eigenvalue weighted by Crippen LogP contribution is -2.23. The summed E-state index contributed by atoms with van der Waals surface area (Å²) in [7, 11) is 0. The first kappa shape index (κ1) is 13.5. The molecule has 1 aromatic heterocycles. The molecule has 0 amide bonds. The Bertz CT molecular complexity index is 552. The topological polar surface area (TPSA) is 71.8 Å². The van der Waals surface area contributed by atoms with Crippen LogP contribution in [0.15, 0.2) is 57.1 Å². The number of oxime groups is 1. The molecular formula is C14H16N2O2S. The van der Waals surface area contributed by atoms with Crippen molar-refractivity contribution in [2.75, 3.05) is 5.75 Å². The van der Waals surface area contributed by atoms with Gasteiger partial charge in [0.05, 0.1) is 12.2 Å². The molecule has 0 aliphatic heterocycles. The van der Waals surface area contributed by atoms with Crippen molar-refractivity contribution in [3.05, 3.63) is 54.0 Å². The zero-order chi connectivity index (χ0) is 13.7. The van der Waals surface area contributed by atoms with E-state index < -0.39 is 0 Å². The molecule has 0 saturated carbocycles. The monoisotopic (exact) mass is 276 g/mol. The zero-order valence-corrected chi connectivity index (χ0v) is 11.4. The first-order valence-corrected chi connectivity index (χ1v) is 6.90. The lowest BCUT2D eigenvalue weighted by molar-refractivity contribution is 0.316. The van der Waals surface area contributed by atoms with Gasteiger partial charge in [-0.15, -0.1) is 11.8 Å². The zero-order valence-electron chi connectivity index (χ0n) is 10.6. The molecule has 0 aliphatic carbocycles. The average molecular weight is 276 g/mol. The molecule has 1 heterocycles. The number of nitrogens with zero attached hydrogens (tertiary/aromatic N) is 1. The molecular weight excluding hydrogens is 260 g/mol. The summed E-state index contributed by atoms with van der Waals surface area (Å²) in [5.41, 5.74) is 6.82. The van der Waals surface area contributed by atoms with Crippen molar-refractivity contribution in [3.63, 3.8) is 0 Å². The van der Waals surface area contributed by atoms with Crippen LogP contribution in [0, 0.1) is 6.92 Å². The van der Waals surface area contributed by atoms with Crippen LogP contribution in [0.3, 0.4) is 0 Å². The van der Waals surface area contributed by atoms with Crippen molar-refractivity contribution in [2.24, 2.45) is 10.9 Å². The van der Waals surface area contributed by atoms with Crippen molar-refractivity contribution in [2.45, 2.75) is 17.7 Å². The molecule has 1 aromatic carbocycles. The molecule has 2 aromatic rings. The first-order valence-electron chi connectivity index (χ1n) is 5.91. The molecule has 1 atom stereocenters. The Labute approximate surface area is 116 Å². The highest BCUT2D eigenvalue weighted by molar-refractivity contribution is 7.99. The third-order valence-corrected chi connectivity index (χ3v) is 4.13. The Morgan fingerprint density at radius 3 is 2.68 bits per heavy atom.